The first-order chi connectivity index (χ1) is 14.3. The summed E-state index contributed by atoms with van der Waals surface area (Å²) in [7, 11) is -4.20. The minimum absolute atomic E-state index is 0.00841. The van der Waals surface area contributed by atoms with Crippen LogP contribution in [-0.2, 0) is 10.0 Å². The molecule has 2 aromatic rings. The number of unbranched alkanes of at least 4 members (excludes halogenated alkanes) is 1. The molecule has 0 bridgehead atoms. The van der Waals surface area contributed by atoms with Crippen molar-refractivity contribution in [2.24, 2.45) is 5.14 Å². The molecule has 0 saturated heterocycles. The van der Waals surface area contributed by atoms with Crippen LogP contribution in [0.4, 0.5) is 5.69 Å². The first-order valence-electron chi connectivity index (χ1n) is 9.41. The molecule has 0 unspecified atom stereocenters. The van der Waals surface area contributed by atoms with Gasteiger partial charge in [-0.2, -0.15) is 0 Å². The fourth-order valence-electron chi connectivity index (χ4n) is 2.54. The Bertz CT molecular complexity index is 1050. The second-order valence-corrected chi connectivity index (χ2v) is 7.93. The number of imidazole rings is 1. The van der Waals surface area contributed by atoms with Gasteiger partial charge in [-0.25, -0.2) is 18.5 Å². The smallest absolute Gasteiger partial charge is 0.263 e. The molecule has 30 heavy (non-hydrogen) atoms. The standard InChI is InChI=1S/C21H26N4O4S/c1-4-6-8-9-16(3)29-20-18(24-10-7-5-2)13-17(14-19(20)30(22,27)28)21(26)25-12-11-23-15-25/h4,6,8-9,11-15,24H,3,5,7,10H2,1-2H3,(H2,22,27,28)/b6-4-,9-8-. The highest BCUT2D eigenvalue weighted by atomic mass is 32.2. The van der Waals surface area contributed by atoms with Crippen molar-refractivity contribution in [2.45, 2.75) is 31.6 Å². The SMILES string of the molecule is C=C(/C=C\C=C/C)Oc1c(NCCCC)cc(C(=O)n2ccnc2)cc1S(N)(=O)=O. The van der Waals surface area contributed by atoms with Gasteiger partial charge in [-0.05, 0) is 31.6 Å². The third-order valence-corrected chi connectivity index (χ3v) is 4.93. The van der Waals surface area contributed by atoms with E-state index in [1.807, 2.05) is 19.9 Å². The number of anilines is 1. The van der Waals surface area contributed by atoms with Crippen LogP contribution in [0.15, 0.2) is 72.4 Å². The Kier molecular flexibility index (Phi) is 8.14. The Morgan fingerprint density at radius 2 is 2.13 bits per heavy atom. The lowest BCUT2D eigenvalue weighted by atomic mass is 10.1. The highest BCUT2D eigenvalue weighted by Gasteiger charge is 2.24. The zero-order valence-corrected chi connectivity index (χ0v) is 17.9. The molecule has 0 radical (unpaired) electrons. The third kappa shape index (κ3) is 6.16. The summed E-state index contributed by atoms with van der Waals surface area (Å²) in [5.41, 5.74) is 0.456. The number of ether oxygens (including phenoxy) is 1. The average Bonchev–Trinajstić information content (AvgIpc) is 3.22. The van der Waals surface area contributed by atoms with Crippen LogP contribution >= 0.6 is 0 Å². The molecule has 0 saturated carbocycles. The maximum Gasteiger partial charge on any atom is 0.263 e. The molecule has 0 aliphatic heterocycles. The molecule has 0 amide bonds. The molecule has 0 aliphatic rings. The van der Waals surface area contributed by atoms with Gasteiger partial charge in [-0.3, -0.25) is 9.36 Å². The normalized spacial score (nSPS) is 11.8. The van der Waals surface area contributed by atoms with Crippen LogP contribution in [0.3, 0.4) is 0 Å². The van der Waals surface area contributed by atoms with Crippen LogP contribution in [0.1, 0.15) is 37.0 Å². The molecular weight excluding hydrogens is 404 g/mol. The summed E-state index contributed by atoms with van der Waals surface area (Å²) in [5, 5.41) is 8.58. The van der Waals surface area contributed by atoms with Crippen LogP contribution in [0.5, 0.6) is 5.75 Å². The first kappa shape index (κ1) is 23.1. The molecule has 9 heteroatoms. The van der Waals surface area contributed by atoms with E-state index in [-0.39, 0.29) is 22.0 Å². The lowest BCUT2D eigenvalue weighted by Gasteiger charge is -2.18. The van der Waals surface area contributed by atoms with Crippen LogP contribution in [0.25, 0.3) is 0 Å². The van der Waals surface area contributed by atoms with Gasteiger partial charge in [-0.1, -0.05) is 38.2 Å². The third-order valence-electron chi connectivity index (χ3n) is 4.01. The van der Waals surface area contributed by atoms with Crippen LogP contribution in [0, 0.1) is 0 Å². The maximum atomic E-state index is 12.8. The number of aromatic nitrogens is 2. The Morgan fingerprint density at radius 1 is 1.37 bits per heavy atom. The summed E-state index contributed by atoms with van der Waals surface area (Å²) in [6.45, 7) is 8.24. The van der Waals surface area contributed by atoms with Crippen molar-refractivity contribution in [3.05, 3.63) is 73.1 Å². The van der Waals surface area contributed by atoms with E-state index in [9.17, 15) is 13.2 Å². The number of carbonyl (C=O) groups is 1. The minimum atomic E-state index is -4.20. The second kappa shape index (κ2) is 10.6. The highest BCUT2D eigenvalue weighted by molar-refractivity contribution is 7.89. The predicted octanol–water partition coefficient (Wildman–Crippen LogP) is 3.46. The van der Waals surface area contributed by atoms with Crippen molar-refractivity contribution in [2.75, 3.05) is 11.9 Å². The van der Waals surface area contributed by atoms with Crippen molar-refractivity contribution in [1.82, 2.24) is 9.55 Å². The van der Waals surface area contributed by atoms with Crippen molar-refractivity contribution in [3.8, 4) is 5.75 Å². The van der Waals surface area contributed by atoms with Crippen molar-refractivity contribution in [3.63, 3.8) is 0 Å². The van der Waals surface area contributed by atoms with E-state index >= 15 is 0 Å². The lowest BCUT2D eigenvalue weighted by Crippen LogP contribution is -2.18. The highest BCUT2D eigenvalue weighted by Crippen LogP contribution is 2.35. The molecule has 0 fully saturated rings. The molecule has 3 N–H and O–H groups in total. The number of sulfonamides is 1. The van der Waals surface area contributed by atoms with E-state index in [4.69, 9.17) is 9.88 Å². The quantitative estimate of drug-likeness (QED) is 0.339. The lowest BCUT2D eigenvalue weighted by molar-refractivity contribution is 0.0959. The van der Waals surface area contributed by atoms with E-state index in [0.29, 0.717) is 12.2 Å². The van der Waals surface area contributed by atoms with Crippen LogP contribution in [0.2, 0.25) is 0 Å². The summed E-state index contributed by atoms with van der Waals surface area (Å²) in [6.07, 6.45) is 12.9. The molecule has 0 aliphatic carbocycles. The molecule has 1 heterocycles. The summed E-state index contributed by atoms with van der Waals surface area (Å²) < 4.78 is 31.6. The molecule has 1 aromatic heterocycles. The monoisotopic (exact) mass is 430 g/mol. The number of allylic oxidation sites excluding steroid dienone is 4. The minimum Gasteiger partial charge on any atom is -0.454 e. The van der Waals surface area contributed by atoms with E-state index < -0.39 is 15.9 Å². The predicted molar refractivity (Wildman–Crippen MR) is 117 cm³/mol. The van der Waals surface area contributed by atoms with E-state index in [0.717, 1.165) is 12.8 Å². The van der Waals surface area contributed by atoms with Gasteiger partial charge in [0.05, 0.1) is 5.69 Å². The number of hydrogen-bond donors (Lipinski definition) is 2. The summed E-state index contributed by atoms with van der Waals surface area (Å²) >= 11 is 0. The summed E-state index contributed by atoms with van der Waals surface area (Å²) in [5.74, 6) is -0.245. The molecule has 8 nitrogen and oxygen atoms in total. The fraction of sp³-hybridized carbons (Fsp3) is 0.238. The van der Waals surface area contributed by atoms with E-state index in [1.54, 1.807) is 18.2 Å². The Morgan fingerprint density at radius 3 is 2.73 bits per heavy atom. The van der Waals surface area contributed by atoms with Gasteiger partial charge in [0.25, 0.3) is 5.91 Å². The fourth-order valence-corrected chi connectivity index (χ4v) is 3.24. The summed E-state index contributed by atoms with van der Waals surface area (Å²) in [6, 6.07) is 2.73. The van der Waals surface area contributed by atoms with Gasteiger partial charge in [0, 0.05) is 24.5 Å². The Labute approximate surface area is 176 Å². The van der Waals surface area contributed by atoms with Gasteiger partial charge < -0.3 is 10.1 Å². The average molecular weight is 431 g/mol. The van der Waals surface area contributed by atoms with Gasteiger partial charge >= 0.3 is 0 Å². The number of nitrogens with zero attached hydrogens (tertiary/aromatic N) is 2. The molecule has 0 spiro atoms. The zero-order valence-electron chi connectivity index (χ0n) is 17.0. The Balaban J connectivity index is 2.58. The van der Waals surface area contributed by atoms with Crippen LogP contribution < -0.4 is 15.2 Å². The van der Waals surface area contributed by atoms with Gasteiger partial charge in [0.2, 0.25) is 10.0 Å². The number of nitrogens with two attached hydrogens (primary N) is 1. The molecule has 2 rings (SSSR count). The number of nitrogens with one attached hydrogen (secondary N) is 1. The summed E-state index contributed by atoms with van der Waals surface area (Å²) in [4.78, 5) is 16.3. The number of rotatable bonds is 10. The van der Waals surface area contributed by atoms with Crippen molar-refractivity contribution >= 4 is 21.6 Å². The van der Waals surface area contributed by atoms with E-state index in [2.05, 4.69) is 16.9 Å². The number of benzene rings is 1. The topological polar surface area (TPSA) is 116 Å². The molecule has 0 atom stereocenters. The first-order valence-corrected chi connectivity index (χ1v) is 11.0. The molecular formula is C21H26N4O4S. The number of primary sulfonamides is 1. The van der Waals surface area contributed by atoms with Crippen LogP contribution in [-0.4, -0.2) is 30.4 Å². The zero-order chi connectivity index (χ0) is 22.1. The molecule has 160 valence electrons. The van der Waals surface area contributed by atoms with E-state index in [1.165, 1.54) is 35.4 Å². The van der Waals surface area contributed by atoms with Gasteiger partial charge in [-0.15, -0.1) is 0 Å². The second-order valence-electron chi connectivity index (χ2n) is 6.40. The van der Waals surface area contributed by atoms with Crippen molar-refractivity contribution < 1.29 is 17.9 Å². The number of hydrogen-bond acceptors (Lipinski definition) is 6. The Hall–Kier alpha value is -3.17. The number of carbonyl (C=O) groups excluding carboxylic acids is 1. The maximum absolute atomic E-state index is 12.8. The van der Waals surface area contributed by atoms with Gasteiger partial charge in [0.15, 0.2) is 5.75 Å². The van der Waals surface area contributed by atoms with Crippen molar-refractivity contribution in [1.29, 1.82) is 0 Å². The largest absolute Gasteiger partial charge is 0.454 e. The molecule has 1 aromatic carbocycles. The van der Waals surface area contributed by atoms with Gasteiger partial charge in [0.1, 0.15) is 17.0 Å².